The molecule has 0 spiro atoms. The van der Waals surface area contributed by atoms with Gasteiger partial charge in [-0.15, -0.1) is 11.6 Å². The molecule has 16 heavy (non-hydrogen) atoms. The van der Waals surface area contributed by atoms with Gasteiger partial charge in [0.25, 0.3) is 0 Å². The minimum Gasteiger partial charge on any atom is -0.477 e. The summed E-state index contributed by atoms with van der Waals surface area (Å²) in [5.41, 5.74) is -0.906. The van der Waals surface area contributed by atoms with Crippen molar-refractivity contribution in [2.45, 2.75) is 6.42 Å². The van der Waals surface area contributed by atoms with E-state index in [-0.39, 0.29) is 5.56 Å². The van der Waals surface area contributed by atoms with Gasteiger partial charge in [-0.1, -0.05) is 12.2 Å². The van der Waals surface area contributed by atoms with E-state index in [4.69, 9.17) is 16.7 Å². The SMILES string of the molecule is O=C(O)c1c(F)ccc(C=CCCCl)c1F. The Morgan fingerprint density at radius 2 is 2.12 bits per heavy atom. The fourth-order valence-corrected chi connectivity index (χ4v) is 1.29. The van der Waals surface area contributed by atoms with Crippen LogP contribution in [0.15, 0.2) is 18.2 Å². The van der Waals surface area contributed by atoms with Gasteiger partial charge in [0.1, 0.15) is 17.2 Å². The lowest BCUT2D eigenvalue weighted by molar-refractivity contribution is 0.0686. The van der Waals surface area contributed by atoms with Gasteiger partial charge in [-0.25, -0.2) is 13.6 Å². The molecule has 1 aromatic carbocycles. The minimum atomic E-state index is -1.62. The number of carbonyl (C=O) groups is 1. The smallest absolute Gasteiger partial charge is 0.341 e. The molecule has 86 valence electrons. The van der Waals surface area contributed by atoms with E-state index in [1.54, 1.807) is 6.08 Å². The van der Waals surface area contributed by atoms with E-state index in [2.05, 4.69) is 0 Å². The van der Waals surface area contributed by atoms with Gasteiger partial charge >= 0.3 is 5.97 Å². The van der Waals surface area contributed by atoms with Crippen molar-refractivity contribution in [1.82, 2.24) is 0 Å². The fourth-order valence-electron chi connectivity index (χ4n) is 1.17. The third-order valence-electron chi connectivity index (χ3n) is 1.91. The molecule has 0 aromatic heterocycles. The van der Waals surface area contributed by atoms with Gasteiger partial charge < -0.3 is 5.11 Å². The normalized spacial score (nSPS) is 10.9. The van der Waals surface area contributed by atoms with Crippen LogP contribution in [0.4, 0.5) is 8.78 Å². The molecule has 0 radical (unpaired) electrons. The molecular weight excluding hydrogens is 238 g/mol. The molecule has 5 heteroatoms. The van der Waals surface area contributed by atoms with Crippen molar-refractivity contribution in [3.05, 3.63) is 41.0 Å². The maximum Gasteiger partial charge on any atom is 0.341 e. The fraction of sp³-hybridized carbons (Fsp3) is 0.182. The Morgan fingerprint density at radius 1 is 1.44 bits per heavy atom. The van der Waals surface area contributed by atoms with Crippen LogP contribution in [0.5, 0.6) is 0 Å². The number of benzene rings is 1. The van der Waals surface area contributed by atoms with Crippen molar-refractivity contribution in [3.8, 4) is 0 Å². The molecule has 0 bridgehead atoms. The summed E-state index contributed by atoms with van der Waals surface area (Å²) < 4.78 is 26.5. The summed E-state index contributed by atoms with van der Waals surface area (Å²) in [7, 11) is 0. The molecule has 0 fully saturated rings. The molecule has 0 aliphatic heterocycles. The molecule has 1 rings (SSSR count). The zero-order valence-corrected chi connectivity index (χ0v) is 8.97. The highest BCUT2D eigenvalue weighted by molar-refractivity contribution is 6.17. The summed E-state index contributed by atoms with van der Waals surface area (Å²) in [6, 6.07) is 2.11. The zero-order valence-electron chi connectivity index (χ0n) is 8.21. The lowest BCUT2D eigenvalue weighted by atomic mass is 10.1. The van der Waals surface area contributed by atoms with Crippen molar-refractivity contribution in [1.29, 1.82) is 0 Å². The first kappa shape index (κ1) is 12.6. The molecule has 0 unspecified atom stereocenters. The van der Waals surface area contributed by atoms with Crippen LogP contribution in [0.3, 0.4) is 0 Å². The molecular formula is C11H9ClF2O2. The van der Waals surface area contributed by atoms with Gasteiger partial charge in [0, 0.05) is 11.4 Å². The van der Waals surface area contributed by atoms with E-state index < -0.39 is 23.2 Å². The van der Waals surface area contributed by atoms with E-state index in [1.165, 1.54) is 12.1 Å². The van der Waals surface area contributed by atoms with Crippen LogP contribution in [-0.2, 0) is 0 Å². The predicted molar refractivity (Wildman–Crippen MR) is 57.7 cm³/mol. The summed E-state index contributed by atoms with van der Waals surface area (Å²) in [5.74, 6) is -3.40. The van der Waals surface area contributed by atoms with Gasteiger partial charge in [0.15, 0.2) is 0 Å². The van der Waals surface area contributed by atoms with E-state index >= 15 is 0 Å². The molecule has 0 aliphatic carbocycles. The maximum atomic E-state index is 13.5. The first-order valence-corrected chi connectivity index (χ1v) is 5.05. The van der Waals surface area contributed by atoms with Gasteiger partial charge in [-0.05, 0) is 18.6 Å². The van der Waals surface area contributed by atoms with Gasteiger partial charge in [0.2, 0.25) is 0 Å². The largest absolute Gasteiger partial charge is 0.477 e. The summed E-state index contributed by atoms with van der Waals surface area (Å²) in [6.07, 6.45) is 3.50. The van der Waals surface area contributed by atoms with Crippen molar-refractivity contribution in [2.24, 2.45) is 0 Å². The average molecular weight is 247 g/mol. The Labute approximate surface area is 96.2 Å². The number of carboxylic acid groups (broad SMARTS) is 1. The number of alkyl halides is 1. The second kappa shape index (κ2) is 5.61. The quantitative estimate of drug-likeness (QED) is 0.828. The highest BCUT2D eigenvalue weighted by Crippen LogP contribution is 2.18. The van der Waals surface area contributed by atoms with Crippen molar-refractivity contribution in [2.75, 3.05) is 5.88 Å². The third kappa shape index (κ3) is 2.79. The lowest BCUT2D eigenvalue weighted by Gasteiger charge is -2.02. The molecule has 0 heterocycles. The van der Waals surface area contributed by atoms with Gasteiger partial charge in [-0.3, -0.25) is 0 Å². The Hall–Kier alpha value is -1.42. The van der Waals surface area contributed by atoms with Crippen LogP contribution in [-0.4, -0.2) is 17.0 Å². The van der Waals surface area contributed by atoms with Crippen molar-refractivity contribution >= 4 is 23.6 Å². The first-order valence-electron chi connectivity index (χ1n) is 4.51. The summed E-state index contributed by atoms with van der Waals surface area (Å²) in [6.45, 7) is 0. The Bertz CT molecular complexity index is 430. The number of allylic oxidation sites excluding steroid dienone is 1. The van der Waals surface area contributed by atoms with Gasteiger partial charge in [-0.2, -0.15) is 0 Å². The standard InChI is InChI=1S/C11H9ClF2O2/c12-6-2-1-3-7-4-5-8(13)9(10(7)14)11(15)16/h1,3-5H,2,6H2,(H,15,16). The zero-order chi connectivity index (χ0) is 12.1. The topological polar surface area (TPSA) is 37.3 Å². The molecule has 1 N–H and O–H groups in total. The maximum absolute atomic E-state index is 13.5. The van der Waals surface area contributed by atoms with E-state index in [0.717, 1.165) is 6.07 Å². The molecule has 0 saturated carbocycles. The van der Waals surface area contributed by atoms with Crippen molar-refractivity contribution in [3.63, 3.8) is 0 Å². The number of aromatic carboxylic acids is 1. The van der Waals surface area contributed by atoms with Crippen LogP contribution in [0, 0.1) is 11.6 Å². The predicted octanol–water partition coefficient (Wildman–Crippen LogP) is 3.31. The number of hydrogen-bond acceptors (Lipinski definition) is 1. The second-order valence-corrected chi connectivity index (χ2v) is 3.39. The Morgan fingerprint density at radius 3 is 2.69 bits per heavy atom. The van der Waals surface area contributed by atoms with Crippen LogP contribution >= 0.6 is 11.6 Å². The van der Waals surface area contributed by atoms with E-state index in [1.807, 2.05) is 0 Å². The summed E-state index contributed by atoms with van der Waals surface area (Å²) in [5, 5.41) is 8.62. The molecule has 0 aliphatic rings. The van der Waals surface area contributed by atoms with Crippen molar-refractivity contribution < 1.29 is 18.7 Å². The second-order valence-electron chi connectivity index (χ2n) is 3.01. The number of carboxylic acids is 1. The average Bonchev–Trinajstić information content (AvgIpc) is 2.21. The molecule has 0 saturated heterocycles. The molecule has 0 amide bonds. The van der Waals surface area contributed by atoms with Crippen LogP contribution in [0.2, 0.25) is 0 Å². The Kier molecular flexibility index (Phi) is 4.43. The molecule has 1 aromatic rings. The third-order valence-corrected chi connectivity index (χ3v) is 2.13. The summed E-state index contributed by atoms with van der Waals surface area (Å²) >= 11 is 5.42. The molecule has 2 nitrogen and oxygen atoms in total. The van der Waals surface area contributed by atoms with Crippen LogP contribution in [0.1, 0.15) is 22.3 Å². The number of rotatable bonds is 4. The van der Waals surface area contributed by atoms with Crippen LogP contribution in [0.25, 0.3) is 6.08 Å². The first-order chi connectivity index (χ1) is 7.57. The highest BCUT2D eigenvalue weighted by atomic mass is 35.5. The highest BCUT2D eigenvalue weighted by Gasteiger charge is 2.18. The van der Waals surface area contributed by atoms with Crippen LogP contribution < -0.4 is 0 Å². The van der Waals surface area contributed by atoms with Gasteiger partial charge in [0.05, 0.1) is 0 Å². The monoisotopic (exact) mass is 246 g/mol. The van der Waals surface area contributed by atoms with E-state index in [9.17, 15) is 13.6 Å². The number of hydrogen-bond donors (Lipinski definition) is 1. The lowest BCUT2D eigenvalue weighted by Crippen LogP contribution is -2.05. The molecule has 0 atom stereocenters. The van der Waals surface area contributed by atoms with E-state index in [0.29, 0.717) is 12.3 Å². The minimum absolute atomic E-state index is 0.0314. The number of halogens is 3. The summed E-state index contributed by atoms with van der Waals surface area (Å²) in [4.78, 5) is 10.6. The Balaban J connectivity index is 3.13.